The third-order valence-corrected chi connectivity index (χ3v) is 1.11. The van der Waals surface area contributed by atoms with Crippen LogP contribution in [0.3, 0.4) is 0 Å². The van der Waals surface area contributed by atoms with E-state index < -0.39 is 7.82 Å². The Morgan fingerprint density at radius 3 is 1.79 bits per heavy atom. The molecule has 0 rings (SSSR count). The SMILES string of the molecule is CCOCC[N+](C)(C)C.O=P(O)(O)O. The summed E-state index contributed by atoms with van der Waals surface area (Å²) in [6, 6.07) is 0. The molecular weight excluding hydrogens is 209 g/mol. The standard InChI is InChI=1S/C7H18NO.H3O4P/c1-5-9-7-6-8(2,3)4;1-5(2,3)4/h5-7H2,1-4H3;(H3,1,2,3,4)/q+1;. The van der Waals surface area contributed by atoms with Gasteiger partial charge in [0.1, 0.15) is 6.54 Å². The molecule has 0 atom stereocenters. The van der Waals surface area contributed by atoms with Crippen molar-refractivity contribution in [2.24, 2.45) is 0 Å². The molecule has 14 heavy (non-hydrogen) atoms. The van der Waals surface area contributed by atoms with E-state index in [-0.39, 0.29) is 0 Å². The predicted octanol–water partition coefficient (Wildman–Crippen LogP) is -0.199. The van der Waals surface area contributed by atoms with Crippen molar-refractivity contribution >= 4 is 7.82 Å². The number of hydrogen-bond donors (Lipinski definition) is 3. The van der Waals surface area contributed by atoms with E-state index >= 15 is 0 Å². The quantitative estimate of drug-likeness (QED) is 0.354. The van der Waals surface area contributed by atoms with E-state index in [0.29, 0.717) is 0 Å². The third-order valence-electron chi connectivity index (χ3n) is 1.11. The van der Waals surface area contributed by atoms with Crippen LogP contribution >= 0.6 is 7.82 Å². The Labute approximate surface area is 85.0 Å². The van der Waals surface area contributed by atoms with Gasteiger partial charge in [0.05, 0.1) is 27.7 Å². The van der Waals surface area contributed by atoms with E-state index in [1.807, 2.05) is 6.92 Å². The molecule has 0 heterocycles. The van der Waals surface area contributed by atoms with E-state index in [1.54, 1.807) is 0 Å². The molecule has 0 aromatic rings. The molecule has 0 aliphatic rings. The third kappa shape index (κ3) is 40.3. The molecule has 0 spiro atoms. The molecule has 6 nitrogen and oxygen atoms in total. The first kappa shape index (κ1) is 16.5. The van der Waals surface area contributed by atoms with Crippen molar-refractivity contribution in [2.75, 3.05) is 40.9 Å². The molecule has 0 aromatic heterocycles. The summed E-state index contributed by atoms with van der Waals surface area (Å²) in [5.74, 6) is 0. The molecule has 0 bridgehead atoms. The maximum atomic E-state index is 8.88. The van der Waals surface area contributed by atoms with Crippen LogP contribution in [-0.4, -0.2) is 60.1 Å². The van der Waals surface area contributed by atoms with E-state index in [1.165, 1.54) is 0 Å². The summed E-state index contributed by atoms with van der Waals surface area (Å²) in [5, 5.41) is 0. The van der Waals surface area contributed by atoms with Gasteiger partial charge in [-0.15, -0.1) is 0 Å². The van der Waals surface area contributed by atoms with Crippen LogP contribution in [0, 0.1) is 0 Å². The average Bonchev–Trinajstić information content (AvgIpc) is 1.80. The Bertz CT molecular complexity index is 165. The van der Waals surface area contributed by atoms with Gasteiger partial charge in [0, 0.05) is 6.61 Å². The number of hydrogen-bond acceptors (Lipinski definition) is 2. The molecule has 0 aromatic carbocycles. The fourth-order valence-electron chi connectivity index (χ4n) is 0.483. The molecule has 0 fully saturated rings. The van der Waals surface area contributed by atoms with Gasteiger partial charge in [0.25, 0.3) is 0 Å². The van der Waals surface area contributed by atoms with Crippen LogP contribution in [0.5, 0.6) is 0 Å². The average molecular weight is 230 g/mol. The lowest BCUT2D eigenvalue weighted by Crippen LogP contribution is -2.37. The van der Waals surface area contributed by atoms with Crippen molar-refractivity contribution in [1.29, 1.82) is 0 Å². The first-order valence-corrected chi connectivity index (χ1v) is 5.79. The Morgan fingerprint density at radius 1 is 1.21 bits per heavy atom. The summed E-state index contributed by atoms with van der Waals surface area (Å²) >= 11 is 0. The molecule has 0 amide bonds. The van der Waals surface area contributed by atoms with Gasteiger partial charge in [0.15, 0.2) is 0 Å². The zero-order valence-corrected chi connectivity index (χ0v) is 10.1. The molecule has 0 aliphatic heterocycles. The lowest BCUT2D eigenvalue weighted by Gasteiger charge is -2.23. The number of phosphoric acid groups is 1. The maximum absolute atomic E-state index is 8.88. The summed E-state index contributed by atoms with van der Waals surface area (Å²) in [7, 11) is 1.86. The van der Waals surface area contributed by atoms with Crippen molar-refractivity contribution in [1.82, 2.24) is 0 Å². The van der Waals surface area contributed by atoms with Crippen molar-refractivity contribution in [3.63, 3.8) is 0 Å². The fraction of sp³-hybridized carbons (Fsp3) is 1.00. The highest BCUT2D eigenvalue weighted by Crippen LogP contribution is 2.25. The van der Waals surface area contributed by atoms with Crippen molar-refractivity contribution in [2.45, 2.75) is 6.92 Å². The second-order valence-electron chi connectivity index (χ2n) is 3.72. The summed E-state index contributed by atoms with van der Waals surface area (Å²) in [5.41, 5.74) is 0. The minimum atomic E-state index is -4.64. The van der Waals surface area contributed by atoms with Crippen LogP contribution in [0.1, 0.15) is 6.92 Å². The summed E-state index contributed by atoms with van der Waals surface area (Å²) in [6.07, 6.45) is 0. The number of nitrogens with zero attached hydrogens (tertiary/aromatic N) is 1. The Morgan fingerprint density at radius 2 is 1.57 bits per heavy atom. The van der Waals surface area contributed by atoms with Crippen LogP contribution in [0.25, 0.3) is 0 Å². The van der Waals surface area contributed by atoms with E-state index in [9.17, 15) is 0 Å². The van der Waals surface area contributed by atoms with Crippen LogP contribution in [0.2, 0.25) is 0 Å². The highest BCUT2D eigenvalue weighted by Gasteiger charge is 2.04. The number of likely N-dealkylation sites (N-methyl/N-ethyl adjacent to an activating group) is 1. The summed E-state index contributed by atoms with van der Waals surface area (Å²) in [6.45, 7) is 4.82. The Balaban J connectivity index is 0. The molecule has 0 aliphatic carbocycles. The predicted molar refractivity (Wildman–Crippen MR) is 53.7 cm³/mol. The van der Waals surface area contributed by atoms with Crippen molar-refractivity contribution in [3.8, 4) is 0 Å². The van der Waals surface area contributed by atoms with Gasteiger partial charge in [-0.25, -0.2) is 4.57 Å². The molecule has 0 saturated carbocycles. The van der Waals surface area contributed by atoms with E-state index in [0.717, 1.165) is 24.2 Å². The number of rotatable bonds is 4. The van der Waals surface area contributed by atoms with Gasteiger partial charge in [-0.3, -0.25) is 0 Å². The molecule has 0 saturated heterocycles. The zero-order valence-electron chi connectivity index (χ0n) is 9.17. The van der Waals surface area contributed by atoms with Gasteiger partial charge in [-0.05, 0) is 6.92 Å². The Hall–Kier alpha value is 0.0300. The first-order chi connectivity index (χ1) is 6.06. The monoisotopic (exact) mass is 230 g/mol. The second-order valence-corrected chi connectivity index (χ2v) is 4.75. The van der Waals surface area contributed by atoms with Gasteiger partial charge in [-0.1, -0.05) is 0 Å². The Kier molecular flexibility index (Phi) is 8.63. The fourth-order valence-corrected chi connectivity index (χ4v) is 0.483. The lowest BCUT2D eigenvalue weighted by atomic mass is 10.5. The topological polar surface area (TPSA) is 87.0 Å². The minimum absolute atomic E-state index is 0.833. The molecular formula is C7H21NO5P+. The summed E-state index contributed by atoms with van der Waals surface area (Å²) in [4.78, 5) is 21.6. The molecule has 88 valence electrons. The van der Waals surface area contributed by atoms with Crippen LogP contribution < -0.4 is 0 Å². The maximum Gasteiger partial charge on any atom is 0.466 e. The smallest absolute Gasteiger partial charge is 0.376 e. The van der Waals surface area contributed by atoms with E-state index in [2.05, 4.69) is 21.1 Å². The molecule has 3 N–H and O–H groups in total. The molecule has 0 radical (unpaired) electrons. The molecule has 7 heteroatoms. The number of quaternary nitrogens is 1. The highest BCUT2D eigenvalue weighted by molar-refractivity contribution is 7.45. The largest absolute Gasteiger partial charge is 0.466 e. The summed E-state index contributed by atoms with van der Waals surface area (Å²) < 4.78 is 15.1. The second kappa shape index (κ2) is 7.34. The van der Waals surface area contributed by atoms with Crippen LogP contribution in [-0.2, 0) is 9.30 Å². The van der Waals surface area contributed by atoms with Gasteiger partial charge in [0.2, 0.25) is 0 Å². The van der Waals surface area contributed by atoms with Gasteiger partial charge >= 0.3 is 7.82 Å². The van der Waals surface area contributed by atoms with Crippen LogP contribution in [0.4, 0.5) is 0 Å². The van der Waals surface area contributed by atoms with Crippen molar-refractivity contribution in [3.05, 3.63) is 0 Å². The van der Waals surface area contributed by atoms with Crippen molar-refractivity contribution < 1.29 is 28.5 Å². The van der Waals surface area contributed by atoms with E-state index in [4.69, 9.17) is 24.0 Å². The van der Waals surface area contributed by atoms with Crippen LogP contribution in [0.15, 0.2) is 0 Å². The minimum Gasteiger partial charge on any atom is -0.376 e. The first-order valence-electron chi connectivity index (χ1n) is 4.22. The van der Waals surface area contributed by atoms with Gasteiger partial charge in [-0.2, -0.15) is 0 Å². The zero-order chi connectivity index (χ0) is 11.8. The molecule has 0 unspecified atom stereocenters. The number of ether oxygens (including phenoxy) is 1. The lowest BCUT2D eigenvalue weighted by molar-refractivity contribution is -0.870. The normalized spacial score (nSPS) is 11.9. The van der Waals surface area contributed by atoms with Gasteiger partial charge < -0.3 is 23.9 Å². The highest BCUT2D eigenvalue weighted by atomic mass is 31.2.